The molecule has 0 saturated carbocycles. The molecule has 1 aromatic carbocycles. The SMILES string of the molecule is COCNCCc1cc(F)c(OC)cc1F. The number of methoxy groups -OCH3 is 2. The molecule has 0 aliphatic rings. The molecule has 0 unspecified atom stereocenters. The molecular weight excluding hydrogens is 216 g/mol. The van der Waals surface area contributed by atoms with Gasteiger partial charge in [-0.05, 0) is 18.1 Å². The second-order valence-corrected chi connectivity index (χ2v) is 3.26. The van der Waals surface area contributed by atoms with E-state index in [1.165, 1.54) is 7.11 Å². The summed E-state index contributed by atoms with van der Waals surface area (Å²) in [6.45, 7) is 0.913. The Bertz CT molecular complexity index is 345. The minimum atomic E-state index is -0.550. The fourth-order valence-electron chi connectivity index (χ4n) is 1.32. The Morgan fingerprint density at radius 2 is 1.94 bits per heavy atom. The lowest BCUT2D eigenvalue weighted by atomic mass is 10.1. The van der Waals surface area contributed by atoms with E-state index in [2.05, 4.69) is 10.1 Å². The van der Waals surface area contributed by atoms with Gasteiger partial charge in [-0.25, -0.2) is 8.78 Å². The first-order chi connectivity index (χ1) is 7.69. The third-order valence-electron chi connectivity index (χ3n) is 2.14. The van der Waals surface area contributed by atoms with E-state index in [4.69, 9.17) is 4.74 Å². The van der Waals surface area contributed by atoms with Crippen LogP contribution in [0.15, 0.2) is 12.1 Å². The van der Waals surface area contributed by atoms with Crippen molar-refractivity contribution in [2.75, 3.05) is 27.5 Å². The quantitative estimate of drug-likeness (QED) is 0.597. The highest BCUT2D eigenvalue weighted by Gasteiger charge is 2.09. The van der Waals surface area contributed by atoms with E-state index < -0.39 is 11.6 Å². The molecule has 0 aliphatic carbocycles. The lowest BCUT2D eigenvalue weighted by Gasteiger charge is -2.07. The van der Waals surface area contributed by atoms with Crippen molar-refractivity contribution in [2.45, 2.75) is 6.42 Å². The molecule has 0 fully saturated rings. The van der Waals surface area contributed by atoms with Gasteiger partial charge >= 0.3 is 0 Å². The molecule has 0 aromatic heterocycles. The van der Waals surface area contributed by atoms with Gasteiger partial charge in [-0.2, -0.15) is 0 Å². The van der Waals surface area contributed by atoms with Crippen LogP contribution < -0.4 is 10.1 Å². The topological polar surface area (TPSA) is 30.5 Å². The first-order valence-corrected chi connectivity index (χ1v) is 4.90. The summed E-state index contributed by atoms with van der Waals surface area (Å²) in [5, 5.41) is 2.92. The zero-order valence-electron chi connectivity index (χ0n) is 9.35. The molecule has 90 valence electrons. The summed E-state index contributed by atoms with van der Waals surface area (Å²) in [7, 11) is 2.86. The second-order valence-electron chi connectivity index (χ2n) is 3.26. The maximum atomic E-state index is 13.4. The van der Waals surface area contributed by atoms with Crippen LogP contribution in [0.3, 0.4) is 0 Å². The molecule has 5 heteroatoms. The van der Waals surface area contributed by atoms with Gasteiger partial charge in [0.2, 0.25) is 0 Å². The van der Waals surface area contributed by atoms with Gasteiger partial charge in [-0.15, -0.1) is 0 Å². The van der Waals surface area contributed by atoms with E-state index in [1.54, 1.807) is 7.11 Å². The monoisotopic (exact) mass is 231 g/mol. The summed E-state index contributed by atoms with van der Waals surface area (Å²) in [4.78, 5) is 0. The lowest BCUT2D eigenvalue weighted by Crippen LogP contribution is -2.20. The van der Waals surface area contributed by atoms with E-state index in [9.17, 15) is 8.78 Å². The van der Waals surface area contributed by atoms with Crippen molar-refractivity contribution in [3.63, 3.8) is 0 Å². The minimum Gasteiger partial charge on any atom is -0.494 e. The second kappa shape index (κ2) is 6.40. The molecule has 0 atom stereocenters. The first-order valence-electron chi connectivity index (χ1n) is 4.90. The highest BCUT2D eigenvalue weighted by molar-refractivity contribution is 5.31. The molecule has 1 aromatic rings. The Balaban J connectivity index is 2.63. The molecule has 1 N–H and O–H groups in total. The normalized spacial score (nSPS) is 10.5. The molecule has 0 aliphatic heterocycles. The van der Waals surface area contributed by atoms with Crippen LogP contribution in [0.2, 0.25) is 0 Å². The molecule has 0 saturated heterocycles. The Labute approximate surface area is 93.4 Å². The molecule has 0 heterocycles. The highest BCUT2D eigenvalue weighted by Crippen LogP contribution is 2.21. The van der Waals surface area contributed by atoms with Crippen molar-refractivity contribution in [3.05, 3.63) is 29.3 Å². The minimum absolute atomic E-state index is 0.0777. The molecule has 1 rings (SSSR count). The van der Waals surface area contributed by atoms with Gasteiger partial charge in [-0.1, -0.05) is 0 Å². The Morgan fingerprint density at radius 1 is 1.19 bits per heavy atom. The molecule has 3 nitrogen and oxygen atoms in total. The van der Waals surface area contributed by atoms with Gasteiger partial charge < -0.3 is 9.47 Å². The van der Waals surface area contributed by atoms with Crippen molar-refractivity contribution in [1.82, 2.24) is 5.32 Å². The average molecular weight is 231 g/mol. The van der Waals surface area contributed by atoms with E-state index in [1.807, 2.05) is 0 Å². The Hall–Kier alpha value is -1.20. The molecule has 0 amide bonds. The number of ether oxygens (including phenoxy) is 2. The number of hydrogen-bond acceptors (Lipinski definition) is 3. The summed E-state index contributed by atoms with van der Waals surface area (Å²) >= 11 is 0. The van der Waals surface area contributed by atoms with Crippen molar-refractivity contribution in [1.29, 1.82) is 0 Å². The van der Waals surface area contributed by atoms with Crippen LogP contribution in [-0.2, 0) is 11.2 Å². The number of benzene rings is 1. The van der Waals surface area contributed by atoms with Crippen molar-refractivity contribution < 1.29 is 18.3 Å². The Morgan fingerprint density at radius 3 is 2.56 bits per heavy atom. The van der Waals surface area contributed by atoms with E-state index in [0.29, 0.717) is 25.3 Å². The van der Waals surface area contributed by atoms with E-state index in [-0.39, 0.29) is 5.75 Å². The number of halogens is 2. The standard InChI is InChI=1S/C11H15F2NO2/c1-15-7-14-4-3-8-5-10(13)11(16-2)6-9(8)12/h5-6,14H,3-4,7H2,1-2H3. The van der Waals surface area contributed by atoms with Crippen LogP contribution in [-0.4, -0.2) is 27.5 Å². The van der Waals surface area contributed by atoms with E-state index >= 15 is 0 Å². The van der Waals surface area contributed by atoms with Gasteiger partial charge in [0.15, 0.2) is 11.6 Å². The summed E-state index contributed by atoms with van der Waals surface area (Å²) < 4.78 is 36.1. The van der Waals surface area contributed by atoms with Crippen LogP contribution in [0.4, 0.5) is 8.78 Å². The summed E-state index contributed by atoms with van der Waals surface area (Å²) in [5.74, 6) is -1.09. The zero-order chi connectivity index (χ0) is 12.0. The summed E-state index contributed by atoms with van der Waals surface area (Å²) in [6.07, 6.45) is 0.399. The third kappa shape index (κ3) is 3.43. The summed E-state index contributed by atoms with van der Waals surface area (Å²) in [6, 6.07) is 2.21. The van der Waals surface area contributed by atoms with Gasteiger partial charge in [0.1, 0.15) is 5.82 Å². The smallest absolute Gasteiger partial charge is 0.165 e. The van der Waals surface area contributed by atoms with Crippen LogP contribution in [0.5, 0.6) is 5.75 Å². The summed E-state index contributed by atoms with van der Waals surface area (Å²) in [5.41, 5.74) is 0.321. The number of rotatable bonds is 6. The van der Waals surface area contributed by atoms with Crippen molar-refractivity contribution in [3.8, 4) is 5.75 Å². The average Bonchev–Trinajstić information content (AvgIpc) is 2.28. The van der Waals surface area contributed by atoms with Gasteiger partial charge in [0.25, 0.3) is 0 Å². The molecule has 16 heavy (non-hydrogen) atoms. The molecule has 0 bridgehead atoms. The first kappa shape index (κ1) is 12.9. The van der Waals surface area contributed by atoms with Crippen molar-refractivity contribution >= 4 is 0 Å². The fraction of sp³-hybridized carbons (Fsp3) is 0.455. The van der Waals surface area contributed by atoms with Crippen LogP contribution in [0.1, 0.15) is 5.56 Å². The maximum Gasteiger partial charge on any atom is 0.165 e. The predicted octanol–water partition coefficient (Wildman–Crippen LogP) is 1.71. The number of nitrogens with one attached hydrogen (secondary N) is 1. The van der Waals surface area contributed by atoms with Crippen LogP contribution in [0, 0.1) is 11.6 Å². The van der Waals surface area contributed by atoms with Crippen molar-refractivity contribution in [2.24, 2.45) is 0 Å². The van der Waals surface area contributed by atoms with Crippen LogP contribution >= 0.6 is 0 Å². The lowest BCUT2D eigenvalue weighted by molar-refractivity contribution is 0.176. The highest BCUT2D eigenvalue weighted by atomic mass is 19.1. The number of hydrogen-bond donors (Lipinski definition) is 1. The van der Waals surface area contributed by atoms with Gasteiger partial charge in [0.05, 0.1) is 13.8 Å². The van der Waals surface area contributed by atoms with Gasteiger partial charge in [-0.3, -0.25) is 5.32 Å². The van der Waals surface area contributed by atoms with Gasteiger partial charge in [0, 0.05) is 19.7 Å². The predicted molar refractivity (Wildman–Crippen MR) is 56.5 cm³/mol. The molecular formula is C11H15F2NO2. The van der Waals surface area contributed by atoms with E-state index in [0.717, 1.165) is 12.1 Å². The zero-order valence-corrected chi connectivity index (χ0v) is 9.35. The molecule has 0 spiro atoms. The Kier molecular flexibility index (Phi) is 5.14. The maximum absolute atomic E-state index is 13.4. The van der Waals surface area contributed by atoms with Crippen LogP contribution in [0.25, 0.3) is 0 Å². The fourth-order valence-corrected chi connectivity index (χ4v) is 1.32. The molecule has 0 radical (unpaired) electrons. The largest absolute Gasteiger partial charge is 0.494 e. The third-order valence-corrected chi connectivity index (χ3v) is 2.14.